The average Bonchev–Trinajstić information content (AvgIpc) is 3.16. The average molecular weight is 366 g/mol. The van der Waals surface area contributed by atoms with E-state index in [0.29, 0.717) is 29.3 Å². The van der Waals surface area contributed by atoms with Crippen molar-refractivity contribution >= 4 is 30.7 Å². The molecule has 1 spiro atoms. The number of nitrogens with zero attached hydrogens (tertiary/aromatic N) is 1. The van der Waals surface area contributed by atoms with Crippen LogP contribution < -0.4 is 10.6 Å². The molecule has 1 saturated carbocycles. The lowest BCUT2D eigenvalue weighted by Crippen LogP contribution is -2.47. The lowest BCUT2D eigenvalue weighted by Gasteiger charge is -2.39. The highest BCUT2D eigenvalue weighted by Gasteiger charge is 2.57. The summed E-state index contributed by atoms with van der Waals surface area (Å²) in [6.45, 7) is 8.65. The van der Waals surface area contributed by atoms with Gasteiger partial charge in [0.25, 0.3) is 0 Å². The van der Waals surface area contributed by atoms with Gasteiger partial charge in [-0.2, -0.15) is 0 Å². The summed E-state index contributed by atoms with van der Waals surface area (Å²) in [6.07, 6.45) is 7.45. The number of nitrogens with one attached hydrogen (secondary N) is 2. The standard InChI is InChI=1S/C17H31N3O.2ClH/c1-13-4-3-5-14(2)20(13)11-10-19-16(21)15-12-17(15)6-8-18-9-7-17;;/h13-15,18H,3-12H2,1-2H3,(H,19,21);2*1H. The third kappa shape index (κ3) is 4.75. The van der Waals surface area contributed by atoms with E-state index in [2.05, 4.69) is 29.4 Å². The first-order chi connectivity index (χ1) is 10.1. The van der Waals surface area contributed by atoms with Gasteiger partial charge in [-0.05, 0) is 64.5 Å². The molecule has 0 aromatic carbocycles. The Hall–Kier alpha value is -0.0300. The lowest BCUT2D eigenvalue weighted by molar-refractivity contribution is -0.123. The largest absolute Gasteiger partial charge is 0.355 e. The summed E-state index contributed by atoms with van der Waals surface area (Å²) < 4.78 is 0. The monoisotopic (exact) mass is 365 g/mol. The number of amides is 1. The van der Waals surface area contributed by atoms with E-state index in [9.17, 15) is 4.79 Å². The Balaban J connectivity index is 0.00000132. The molecule has 0 bridgehead atoms. The van der Waals surface area contributed by atoms with Crippen LogP contribution in [0, 0.1) is 11.3 Å². The second-order valence-electron chi connectivity index (χ2n) is 7.53. The molecule has 2 saturated heterocycles. The number of carbonyl (C=O) groups is 1. The van der Waals surface area contributed by atoms with E-state index in [1.807, 2.05) is 0 Å². The number of rotatable bonds is 4. The van der Waals surface area contributed by atoms with E-state index in [4.69, 9.17) is 0 Å². The van der Waals surface area contributed by atoms with Crippen LogP contribution in [-0.4, -0.2) is 49.1 Å². The smallest absolute Gasteiger partial charge is 0.223 e. The highest BCUT2D eigenvalue weighted by Crippen LogP contribution is 2.58. The van der Waals surface area contributed by atoms with Crippen molar-refractivity contribution < 1.29 is 4.79 Å². The Morgan fingerprint density at radius 1 is 1.17 bits per heavy atom. The van der Waals surface area contributed by atoms with Crippen molar-refractivity contribution in [2.24, 2.45) is 11.3 Å². The molecule has 2 heterocycles. The minimum absolute atomic E-state index is 0. The molecular formula is C17H33Cl2N3O. The van der Waals surface area contributed by atoms with Crippen molar-refractivity contribution in [2.75, 3.05) is 26.2 Å². The molecule has 6 heteroatoms. The van der Waals surface area contributed by atoms with Gasteiger partial charge in [-0.3, -0.25) is 9.69 Å². The first-order valence-electron chi connectivity index (χ1n) is 8.86. The Morgan fingerprint density at radius 2 is 1.78 bits per heavy atom. The third-order valence-corrected chi connectivity index (χ3v) is 6.15. The molecule has 0 aromatic rings. The van der Waals surface area contributed by atoms with Gasteiger partial charge in [-0.1, -0.05) is 6.42 Å². The molecule has 1 aliphatic carbocycles. The molecule has 3 aliphatic rings. The quantitative estimate of drug-likeness (QED) is 0.804. The van der Waals surface area contributed by atoms with Crippen LogP contribution in [0.5, 0.6) is 0 Å². The van der Waals surface area contributed by atoms with E-state index in [1.54, 1.807) is 0 Å². The zero-order valence-electron chi connectivity index (χ0n) is 14.5. The van der Waals surface area contributed by atoms with E-state index >= 15 is 0 Å². The number of hydrogen-bond donors (Lipinski definition) is 2. The second kappa shape index (κ2) is 8.89. The van der Waals surface area contributed by atoms with Crippen molar-refractivity contribution in [3.8, 4) is 0 Å². The van der Waals surface area contributed by atoms with Gasteiger partial charge in [0.05, 0.1) is 0 Å². The van der Waals surface area contributed by atoms with Crippen molar-refractivity contribution in [3.05, 3.63) is 0 Å². The van der Waals surface area contributed by atoms with Gasteiger partial charge < -0.3 is 10.6 Å². The van der Waals surface area contributed by atoms with Gasteiger partial charge in [0.15, 0.2) is 0 Å². The van der Waals surface area contributed by atoms with Crippen molar-refractivity contribution in [1.29, 1.82) is 0 Å². The van der Waals surface area contributed by atoms with E-state index < -0.39 is 0 Å². The van der Waals surface area contributed by atoms with Gasteiger partial charge >= 0.3 is 0 Å². The van der Waals surface area contributed by atoms with Crippen LogP contribution in [0.3, 0.4) is 0 Å². The maximum absolute atomic E-state index is 12.3. The molecule has 3 unspecified atom stereocenters. The summed E-state index contributed by atoms with van der Waals surface area (Å²) in [5.74, 6) is 0.616. The molecule has 23 heavy (non-hydrogen) atoms. The molecular weight excluding hydrogens is 333 g/mol. The van der Waals surface area contributed by atoms with Gasteiger partial charge in [0, 0.05) is 31.1 Å². The summed E-state index contributed by atoms with van der Waals surface area (Å²) in [4.78, 5) is 14.9. The maximum atomic E-state index is 12.3. The van der Waals surface area contributed by atoms with Crippen LogP contribution in [0.1, 0.15) is 52.4 Å². The second-order valence-corrected chi connectivity index (χ2v) is 7.53. The van der Waals surface area contributed by atoms with Crippen LogP contribution in [-0.2, 0) is 4.79 Å². The van der Waals surface area contributed by atoms with Crippen molar-refractivity contribution in [3.63, 3.8) is 0 Å². The molecule has 1 amide bonds. The van der Waals surface area contributed by atoms with Gasteiger partial charge in [-0.15, -0.1) is 24.8 Å². The number of likely N-dealkylation sites (tertiary alicyclic amines) is 1. The summed E-state index contributed by atoms with van der Waals surface area (Å²) in [5, 5.41) is 6.60. The molecule has 2 N–H and O–H groups in total. The normalized spacial score (nSPS) is 32.5. The van der Waals surface area contributed by atoms with E-state index in [0.717, 1.165) is 32.6 Å². The number of hydrogen-bond acceptors (Lipinski definition) is 3. The van der Waals surface area contributed by atoms with Crippen LogP contribution in [0.2, 0.25) is 0 Å². The van der Waals surface area contributed by atoms with Crippen LogP contribution in [0.25, 0.3) is 0 Å². The fraction of sp³-hybridized carbons (Fsp3) is 0.941. The van der Waals surface area contributed by atoms with Gasteiger partial charge in [-0.25, -0.2) is 0 Å². The lowest BCUT2D eigenvalue weighted by atomic mass is 9.92. The van der Waals surface area contributed by atoms with Crippen LogP contribution in [0.4, 0.5) is 0 Å². The summed E-state index contributed by atoms with van der Waals surface area (Å²) in [5.41, 5.74) is 0.362. The number of carbonyl (C=O) groups excluding carboxylic acids is 1. The zero-order valence-corrected chi connectivity index (χ0v) is 16.1. The first-order valence-corrected chi connectivity index (χ1v) is 8.86. The Morgan fingerprint density at radius 3 is 2.39 bits per heavy atom. The highest BCUT2D eigenvalue weighted by molar-refractivity contribution is 5.85. The molecule has 4 nitrogen and oxygen atoms in total. The molecule has 3 atom stereocenters. The fourth-order valence-corrected chi connectivity index (χ4v) is 4.54. The minimum atomic E-state index is 0. The predicted octanol–water partition coefficient (Wildman–Crippen LogP) is 2.60. The SMILES string of the molecule is CC1CCCC(C)N1CCNC(=O)C1CC12CCNCC2.Cl.Cl. The molecule has 0 aromatic heterocycles. The molecule has 0 radical (unpaired) electrons. The maximum Gasteiger partial charge on any atom is 0.223 e. The first kappa shape index (κ1) is 21.0. The zero-order chi connectivity index (χ0) is 14.9. The summed E-state index contributed by atoms with van der Waals surface area (Å²) in [7, 11) is 0. The topological polar surface area (TPSA) is 44.4 Å². The van der Waals surface area contributed by atoms with Crippen molar-refractivity contribution in [2.45, 2.75) is 64.5 Å². The van der Waals surface area contributed by atoms with Crippen molar-refractivity contribution in [1.82, 2.24) is 15.5 Å². The van der Waals surface area contributed by atoms with Gasteiger partial charge in [0.1, 0.15) is 0 Å². The molecule has 136 valence electrons. The summed E-state index contributed by atoms with van der Waals surface area (Å²) >= 11 is 0. The summed E-state index contributed by atoms with van der Waals surface area (Å²) in [6, 6.07) is 1.34. The third-order valence-electron chi connectivity index (χ3n) is 6.15. The number of piperidine rings is 2. The molecule has 3 fully saturated rings. The molecule has 3 rings (SSSR count). The predicted molar refractivity (Wildman–Crippen MR) is 99.6 cm³/mol. The Bertz CT molecular complexity index is 378. The highest BCUT2D eigenvalue weighted by atomic mass is 35.5. The van der Waals surface area contributed by atoms with E-state index in [-0.39, 0.29) is 24.8 Å². The Labute approximate surface area is 153 Å². The van der Waals surface area contributed by atoms with Crippen LogP contribution >= 0.6 is 24.8 Å². The number of halogens is 2. The van der Waals surface area contributed by atoms with Crippen LogP contribution in [0.15, 0.2) is 0 Å². The fourth-order valence-electron chi connectivity index (χ4n) is 4.54. The minimum Gasteiger partial charge on any atom is -0.355 e. The Kier molecular flexibility index (Phi) is 8.12. The van der Waals surface area contributed by atoms with Gasteiger partial charge in [0.2, 0.25) is 5.91 Å². The van der Waals surface area contributed by atoms with E-state index in [1.165, 1.54) is 32.1 Å². The molecule has 2 aliphatic heterocycles.